The first-order valence-electron chi connectivity index (χ1n) is 2.54. The van der Waals surface area contributed by atoms with Gasteiger partial charge in [0.1, 0.15) is 0 Å². The van der Waals surface area contributed by atoms with E-state index in [2.05, 4.69) is 15.8 Å². The first-order valence-corrected chi connectivity index (χ1v) is 2.54. The number of ether oxygens (including phenoxy) is 1. The molecule has 0 unspecified atom stereocenters. The van der Waals surface area contributed by atoms with Crippen LogP contribution < -0.4 is 4.74 Å². The fourth-order valence-corrected chi connectivity index (χ4v) is 0.485. The highest BCUT2D eigenvalue weighted by Gasteiger charge is 1.95. The van der Waals surface area contributed by atoms with E-state index in [1.165, 1.54) is 6.20 Å². The van der Waals surface area contributed by atoms with Crippen LogP contribution in [0.4, 0.5) is 8.78 Å². The van der Waals surface area contributed by atoms with Crippen LogP contribution in [-0.4, -0.2) is 11.8 Å². The summed E-state index contributed by atoms with van der Waals surface area (Å²) >= 11 is 0. The Kier molecular flexibility index (Phi) is 2.15. The molecule has 0 spiro atoms. The van der Waals surface area contributed by atoms with E-state index in [0.29, 0.717) is 0 Å². The molecule has 1 rings (SSSR count). The third-order valence-corrected chi connectivity index (χ3v) is 0.832. The molecule has 0 N–H and O–H groups in total. The van der Waals surface area contributed by atoms with Crippen molar-refractivity contribution in [2.24, 2.45) is 0 Å². The zero-order valence-electron chi connectivity index (χ0n) is 4.97. The molecular weight excluding hydrogens is 140 g/mol. The highest BCUT2D eigenvalue weighted by Crippen LogP contribution is 2.07. The SMILES string of the molecule is FCOc1[c]c(F)cnc1. The second-order valence-electron chi connectivity index (χ2n) is 1.50. The molecule has 0 saturated heterocycles. The van der Waals surface area contributed by atoms with Crippen molar-refractivity contribution in [2.75, 3.05) is 6.86 Å². The number of hydrogen-bond donors (Lipinski definition) is 0. The van der Waals surface area contributed by atoms with Crippen LogP contribution in [0.3, 0.4) is 0 Å². The first-order chi connectivity index (χ1) is 4.83. The van der Waals surface area contributed by atoms with Crippen molar-refractivity contribution in [1.29, 1.82) is 0 Å². The smallest absolute Gasteiger partial charge is 0.228 e. The summed E-state index contributed by atoms with van der Waals surface area (Å²) in [6.07, 6.45) is 2.15. The fourth-order valence-electron chi connectivity index (χ4n) is 0.485. The van der Waals surface area contributed by atoms with Crippen molar-refractivity contribution in [3.05, 3.63) is 24.3 Å². The van der Waals surface area contributed by atoms with Crippen LogP contribution in [0.2, 0.25) is 0 Å². The maximum Gasteiger partial charge on any atom is 0.228 e. The maximum atomic E-state index is 12.2. The van der Waals surface area contributed by atoms with E-state index < -0.39 is 12.7 Å². The third kappa shape index (κ3) is 1.65. The summed E-state index contributed by atoms with van der Waals surface area (Å²) in [7, 11) is 0. The summed E-state index contributed by atoms with van der Waals surface area (Å²) in [4.78, 5) is 3.40. The Hall–Kier alpha value is -1.19. The predicted molar refractivity (Wildman–Crippen MR) is 29.6 cm³/mol. The van der Waals surface area contributed by atoms with Crippen molar-refractivity contribution >= 4 is 0 Å². The van der Waals surface area contributed by atoms with E-state index in [9.17, 15) is 8.78 Å². The van der Waals surface area contributed by atoms with Crippen LogP contribution >= 0.6 is 0 Å². The number of rotatable bonds is 2. The fraction of sp³-hybridized carbons (Fsp3) is 0.167. The maximum absolute atomic E-state index is 12.2. The van der Waals surface area contributed by atoms with Crippen molar-refractivity contribution in [3.63, 3.8) is 0 Å². The zero-order chi connectivity index (χ0) is 7.40. The molecule has 4 heteroatoms. The average molecular weight is 144 g/mol. The Morgan fingerprint density at radius 2 is 2.40 bits per heavy atom. The first kappa shape index (κ1) is 6.92. The second-order valence-corrected chi connectivity index (χ2v) is 1.50. The van der Waals surface area contributed by atoms with Crippen molar-refractivity contribution < 1.29 is 13.5 Å². The Bertz CT molecular complexity index is 217. The van der Waals surface area contributed by atoms with E-state index in [-0.39, 0.29) is 5.75 Å². The summed E-state index contributed by atoms with van der Waals surface area (Å²) in [5.74, 6) is -0.687. The summed E-state index contributed by atoms with van der Waals surface area (Å²) in [5.41, 5.74) is 0. The lowest BCUT2D eigenvalue weighted by molar-refractivity contribution is 0.190. The molecule has 0 atom stereocenters. The topological polar surface area (TPSA) is 22.1 Å². The molecule has 2 nitrogen and oxygen atoms in total. The number of aromatic nitrogens is 1. The van der Waals surface area contributed by atoms with E-state index >= 15 is 0 Å². The monoisotopic (exact) mass is 144 g/mol. The summed E-state index contributed by atoms with van der Waals surface area (Å²) < 4.78 is 27.9. The zero-order valence-corrected chi connectivity index (χ0v) is 4.97. The van der Waals surface area contributed by atoms with Gasteiger partial charge in [-0.05, 0) is 0 Å². The predicted octanol–water partition coefficient (Wildman–Crippen LogP) is 1.33. The Balaban J connectivity index is 2.75. The highest BCUT2D eigenvalue weighted by atomic mass is 19.1. The average Bonchev–Trinajstić information content (AvgIpc) is 1.88. The number of nitrogens with zero attached hydrogens (tertiary/aromatic N) is 1. The number of alkyl halides is 1. The van der Waals surface area contributed by atoms with Crippen molar-refractivity contribution in [2.45, 2.75) is 0 Å². The Morgan fingerprint density at radius 3 is 3.00 bits per heavy atom. The molecule has 0 aliphatic rings. The molecule has 0 aliphatic heterocycles. The summed E-state index contributed by atoms with van der Waals surface area (Å²) in [6, 6.07) is 2.12. The van der Waals surface area contributed by atoms with Gasteiger partial charge in [0, 0.05) is 0 Å². The molecule has 1 aromatic rings. The van der Waals surface area contributed by atoms with Gasteiger partial charge in [0.2, 0.25) is 6.86 Å². The molecule has 1 radical (unpaired) electrons. The molecule has 0 bridgehead atoms. The third-order valence-electron chi connectivity index (χ3n) is 0.832. The van der Waals surface area contributed by atoms with Crippen LogP contribution in [0.15, 0.2) is 12.4 Å². The molecule has 53 valence electrons. The Labute approximate surface area is 56.5 Å². The van der Waals surface area contributed by atoms with Crippen molar-refractivity contribution in [1.82, 2.24) is 4.98 Å². The molecule has 0 amide bonds. The van der Waals surface area contributed by atoms with E-state index in [0.717, 1.165) is 6.20 Å². The molecule has 10 heavy (non-hydrogen) atoms. The molecule has 0 aliphatic carbocycles. The molecule has 0 saturated carbocycles. The largest absolute Gasteiger partial charge is 0.461 e. The quantitative estimate of drug-likeness (QED) is 0.624. The van der Waals surface area contributed by atoms with Gasteiger partial charge < -0.3 is 4.74 Å². The van der Waals surface area contributed by atoms with Gasteiger partial charge in [-0.25, -0.2) is 8.78 Å². The molecule has 1 aromatic heterocycles. The van der Waals surface area contributed by atoms with Crippen LogP contribution in [0, 0.1) is 11.9 Å². The normalized spacial score (nSPS) is 9.40. The second kappa shape index (κ2) is 3.10. The van der Waals surface area contributed by atoms with Gasteiger partial charge in [-0.15, -0.1) is 0 Å². The lowest BCUT2D eigenvalue weighted by atomic mass is 10.4. The summed E-state index contributed by atoms with van der Waals surface area (Å²) in [5, 5.41) is 0. The minimum absolute atomic E-state index is 0.0255. The van der Waals surface area contributed by atoms with Gasteiger partial charge in [0.15, 0.2) is 11.6 Å². The van der Waals surface area contributed by atoms with Gasteiger partial charge in [-0.2, -0.15) is 0 Å². The lowest BCUT2D eigenvalue weighted by Gasteiger charge is -1.96. The van der Waals surface area contributed by atoms with Gasteiger partial charge in [0.05, 0.1) is 18.5 Å². The minimum Gasteiger partial charge on any atom is -0.461 e. The van der Waals surface area contributed by atoms with Gasteiger partial charge >= 0.3 is 0 Å². The van der Waals surface area contributed by atoms with Crippen molar-refractivity contribution in [3.8, 4) is 5.75 Å². The minimum atomic E-state index is -0.998. The van der Waals surface area contributed by atoms with Gasteiger partial charge in [0.25, 0.3) is 0 Å². The number of halogens is 2. The van der Waals surface area contributed by atoms with Crippen LogP contribution in [0.1, 0.15) is 0 Å². The highest BCUT2D eigenvalue weighted by molar-refractivity contribution is 5.14. The van der Waals surface area contributed by atoms with E-state index in [1.54, 1.807) is 0 Å². The van der Waals surface area contributed by atoms with Gasteiger partial charge in [-0.3, -0.25) is 4.98 Å². The molecule has 0 aromatic carbocycles. The Morgan fingerprint density at radius 1 is 1.60 bits per heavy atom. The standard InChI is InChI=1S/C6H4F2NO/c7-4-10-6-1-5(8)2-9-3-6/h2-3H,4H2. The van der Waals surface area contributed by atoms with Gasteiger partial charge in [-0.1, -0.05) is 0 Å². The lowest BCUT2D eigenvalue weighted by Crippen LogP contribution is -1.91. The number of pyridine rings is 1. The molecule has 1 heterocycles. The van der Waals surface area contributed by atoms with Crippen LogP contribution in [-0.2, 0) is 0 Å². The van der Waals surface area contributed by atoms with Crippen LogP contribution in [0.25, 0.3) is 0 Å². The molecule has 0 fully saturated rings. The number of hydrogen-bond acceptors (Lipinski definition) is 2. The van der Waals surface area contributed by atoms with E-state index in [1.807, 2.05) is 0 Å². The van der Waals surface area contributed by atoms with E-state index in [4.69, 9.17) is 0 Å². The van der Waals surface area contributed by atoms with Crippen LogP contribution in [0.5, 0.6) is 5.75 Å². The summed E-state index contributed by atoms with van der Waals surface area (Å²) in [6.45, 7) is -0.998. The molecular formula is C6H4F2NO.